The standard InChI is InChI=1S/C11H9FN2O2/c12-10(6-15)5-8-1-3-9(4-2-8)11-13-7-16-14-11/h1-5,7,15H,6H2/b10-5-. The van der Waals surface area contributed by atoms with Crippen molar-refractivity contribution in [3.8, 4) is 11.4 Å². The molecule has 0 spiro atoms. The fraction of sp³-hybridized carbons (Fsp3) is 0.0909. The molecule has 0 aliphatic carbocycles. The molecule has 0 fully saturated rings. The number of nitrogens with zero attached hydrogens (tertiary/aromatic N) is 2. The number of halogens is 1. The predicted molar refractivity (Wildman–Crippen MR) is 55.9 cm³/mol. The molecule has 0 radical (unpaired) electrons. The number of hydrogen-bond acceptors (Lipinski definition) is 4. The van der Waals surface area contributed by atoms with Crippen molar-refractivity contribution in [3.63, 3.8) is 0 Å². The SMILES string of the molecule is OC/C(F)=C/c1ccc(-c2ncon2)cc1. The molecule has 2 aromatic rings. The summed E-state index contributed by atoms with van der Waals surface area (Å²) in [5.41, 5.74) is 1.45. The Morgan fingerprint density at radius 2 is 2.12 bits per heavy atom. The molecular formula is C11H9FN2O2. The topological polar surface area (TPSA) is 59.2 Å². The minimum atomic E-state index is -0.591. The Kier molecular flexibility index (Phi) is 3.07. The highest BCUT2D eigenvalue weighted by Crippen LogP contribution is 2.16. The van der Waals surface area contributed by atoms with E-state index in [0.29, 0.717) is 11.4 Å². The molecule has 1 N–H and O–H groups in total. The van der Waals surface area contributed by atoms with Gasteiger partial charge in [-0.05, 0) is 11.6 Å². The minimum absolute atomic E-state index is 0.484. The summed E-state index contributed by atoms with van der Waals surface area (Å²) in [5.74, 6) is -0.0922. The molecule has 0 saturated heterocycles. The number of benzene rings is 1. The third kappa shape index (κ3) is 2.32. The quantitative estimate of drug-likeness (QED) is 0.859. The normalized spacial score (nSPS) is 11.8. The molecule has 0 atom stereocenters. The zero-order valence-corrected chi connectivity index (χ0v) is 8.30. The molecule has 1 aromatic heterocycles. The van der Waals surface area contributed by atoms with Crippen LogP contribution in [0.2, 0.25) is 0 Å². The maximum Gasteiger partial charge on any atom is 0.214 e. The van der Waals surface area contributed by atoms with E-state index in [9.17, 15) is 4.39 Å². The molecule has 0 unspecified atom stereocenters. The zero-order chi connectivity index (χ0) is 11.4. The first-order valence-electron chi connectivity index (χ1n) is 4.63. The Morgan fingerprint density at radius 1 is 1.38 bits per heavy atom. The van der Waals surface area contributed by atoms with Crippen molar-refractivity contribution in [2.24, 2.45) is 0 Å². The van der Waals surface area contributed by atoms with E-state index in [4.69, 9.17) is 5.11 Å². The van der Waals surface area contributed by atoms with Gasteiger partial charge < -0.3 is 9.63 Å². The van der Waals surface area contributed by atoms with Crippen LogP contribution in [0.5, 0.6) is 0 Å². The van der Waals surface area contributed by atoms with Crippen LogP contribution in [0.3, 0.4) is 0 Å². The van der Waals surface area contributed by atoms with Gasteiger partial charge in [-0.15, -0.1) is 0 Å². The molecule has 0 bridgehead atoms. The van der Waals surface area contributed by atoms with Crippen LogP contribution in [0.25, 0.3) is 17.5 Å². The highest BCUT2D eigenvalue weighted by molar-refractivity contribution is 5.59. The van der Waals surface area contributed by atoms with E-state index in [0.717, 1.165) is 5.56 Å². The zero-order valence-electron chi connectivity index (χ0n) is 8.30. The fourth-order valence-electron chi connectivity index (χ4n) is 1.25. The predicted octanol–water partition coefficient (Wildman–Crippen LogP) is 2.04. The van der Waals surface area contributed by atoms with E-state index < -0.39 is 12.4 Å². The second kappa shape index (κ2) is 4.67. The van der Waals surface area contributed by atoms with Crippen molar-refractivity contribution in [1.29, 1.82) is 0 Å². The van der Waals surface area contributed by atoms with Gasteiger partial charge in [0.25, 0.3) is 0 Å². The molecule has 2 rings (SSSR count). The summed E-state index contributed by atoms with van der Waals surface area (Å²) < 4.78 is 17.4. The fourth-order valence-corrected chi connectivity index (χ4v) is 1.25. The van der Waals surface area contributed by atoms with Gasteiger partial charge in [0.15, 0.2) is 0 Å². The van der Waals surface area contributed by atoms with Gasteiger partial charge in [0.1, 0.15) is 5.83 Å². The highest BCUT2D eigenvalue weighted by Gasteiger charge is 2.02. The van der Waals surface area contributed by atoms with Gasteiger partial charge >= 0.3 is 0 Å². The largest absolute Gasteiger partial charge is 0.389 e. The average molecular weight is 220 g/mol. The number of aliphatic hydroxyl groups is 1. The lowest BCUT2D eigenvalue weighted by Crippen LogP contribution is -1.83. The second-order valence-electron chi connectivity index (χ2n) is 3.13. The number of aromatic nitrogens is 2. The van der Waals surface area contributed by atoms with Crippen molar-refractivity contribution in [2.45, 2.75) is 0 Å². The molecule has 0 aliphatic rings. The first-order chi connectivity index (χ1) is 7.79. The van der Waals surface area contributed by atoms with E-state index in [2.05, 4.69) is 14.7 Å². The maximum atomic E-state index is 12.8. The van der Waals surface area contributed by atoms with Gasteiger partial charge in [-0.1, -0.05) is 29.4 Å². The molecule has 1 heterocycles. The minimum Gasteiger partial charge on any atom is -0.389 e. The molecule has 16 heavy (non-hydrogen) atoms. The molecule has 4 nitrogen and oxygen atoms in total. The number of hydrogen-bond donors (Lipinski definition) is 1. The van der Waals surface area contributed by atoms with Crippen molar-refractivity contribution in [3.05, 3.63) is 42.0 Å². The Hall–Kier alpha value is -2.01. The molecule has 5 heteroatoms. The van der Waals surface area contributed by atoms with Crippen LogP contribution >= 0.6 is 0 Å². The Bertz CT molecular complexity index is 477. The van der Waals surface area contributed by atoms with Crippen LogP contribution in [-0.4, -0.2) is 21.9 Å². The van der Waals surface area contributed by atoms with Gasteiger partial charge in [0.2, 0.25) is 12.2 Å². The number of rotatable bonds is 3. The third-order valence-electron chi connectivity index (χ3n) is 2.00. The summed E-state index contributed by atoms with van der Waals surface area (Å²) in [6.45, 7) is -0.591. The van der Waals surface area contributed by atoms with Gasteiger partial charge in [0.05, 0.1) is 6.61 Å². The van der Waals surface area contributed by atoms with Crippen LogP contribution < -0.4 is 0 Å². The maximum absolute atomic E-state index is 12.8. The van der Waals surface area contributed by atoms with Crippen LogP contribution in [0.4, 0.5) is 4.39 Å². The van der Waals surface area contributed by atoms with Crippen molar-refractivity contribution < 1.29 is 14.0 Å². The van der Waals surface area contributed by atoms with E-state index in [1.165, 1.54) is 12.5 Å². The molecule has 0 amide bonds. The Morgan fingerprint density at radius 3 is 2.69 bits per heavy atom. The smallest absolute Gasteiger partial charge is 0.214 e. The summed E-state index contributed by atoms with van der Waals surface area (Å²) in [6, 6.07) is 6.92. The molecule has 0 aliphatic heterocycles. The van der Waals surface area contributed by atoms with E-state index in [1.54, 1.807) is 24.3 Å². The summed E-state index contributed by atoms with van der Waals surface area (Å²) in [6.07, 6.45) is 2.51. The van der Waals surface area contributed by atoms with Gasteiger partial charge in [-0.2, -0.15) is 4.98 Å². The number of aliphatic hydroxyl groups excluding tert-OH is 1. The van der Waals surface area contributed by atoms with Gasteiger partial charge in [-0.25, -0.2) is 4.39 Å². The Labute approximate surface area is 91.0 Å². The van der Waals surface area contributed by atoms with E-state index in [-0.39, 0.29) is 0 Å². The lowest BCUT2D eigenvalue weighted by molar-refractivity contribution is 0.300. The monoisotopic (exact) mass is 220 g/mol. The van der Waals surface area contributed by atoms with Crippen molar-refractivity contribution in [2.75, 3.05) is 6.61 Å². The van der Waals surface area contributed by atoms with E-state index in [1.807, 2.05) is 0 Å². The van der Waals surface area contributed by atoms with Crippen LogP contribution in [0.15, 0.2) is 41.0 Å². The van der Waals surface area contributed by atoms with Gasteiger partial charge in [-0.3, -0.25) is 0 Å². The molecule has 0 saturated carbocycles. The van der Waals surface area contributed by atoms with Crippen molar-refractivity contribution >= 4 is 6.08 Å². The lowest BCUT2D eigenvalue weighted by Gasteiger charge is -1.96. The van der Waals surface area contributed by atoms with Crippen LogP contribution in [0.1, 0.15) is 5.56 Å². The summed E-state index contributed by atoms with van der Waals surface area (Å²) >= 11 is 0. The lowest BCUT2D eigenvalue weighted by atomic mass is 10.1. The first-order valence-corrected chi connectivity index (χ1v) is 4.63. The second-order valence-corrected chi connectivity index (χ2v) is 3.13. The Balaban J connectivity index is 2.23. The summed E-state index contributed by atoms with van der Waals surface area (Å²) in [7, 11) is 0. The first kappa shape index (κ1) is 10.5. The van der Waals surface area contributed by atoms with Crippen LogP contribution in [-0.2, 0) is 0 Å². The average Bonchev–Trinajstić information content (AvgIpc) is 2.83. The molecular weight excluding hydrogens is 211 g/mol. The highest BCUT2D eigenvalue weighted by atomic mass is 19.1. The summed E-state index contributed by atoms with van der Waals surface area (Å²) in [5, 5.41) is 12.2. The molecule has 1 aromatic carbocycles. The van der Waals surface area contributed by atoms with Crippen LogP contribution in [0, 0.1) is 0 Å². The molecule has 82 valence electrons. The van der Waals surface area contributed by atoms with Crippen molar-refractivity contribution in [1.82, 2.24) is 10.1 Å². The summed E-state index contributed by atoms with van der Waals surface area (Å²) in [4.78, 5) is 3.89. The third-order valence-corrected chi connectivity index (χ3v) is 2.00. The van der Waals surface area contributed by atoms with Gasteiger partial charge in [0, 0.05) is 5.56 Å². The van der Waals surface area contributed by atoms with E-state index >= 15 is 0 Å².